The third-order valence-corrected chi connectivity index (χ3v) is 2.63. The molecule has 0 aromatic carbocycles. The number of thiophene rings is 1. The quantitative estimate of drug-likeness (QED) is 0.836. The lowest BCUT2D eigenvalue weighted by Crippen LogP contribution is -2.04. The van der Waals surface area contributed by atoms with E-state index < -0.39 is 0 Å². The van der Waals surface area contributed by atoms with Gasteiger partial charge in [-0.05, 0) is 29.3 Å². The number of nitrogens with zero attached hydrogens (tertiary/aromatic N) is 3. The Labute approximate surface area is 86.6 Å². The average molecular weight is 208 g/mol. The van der Waals surface area contributed by atoms with E-state index in [4.69, 9.17) is 0 Å². The molecule has 5 heteroatoms. The van der Waals surface area contributed by atoms with E-state index in [1.54, 1.807) is 16.0 Å². The highest BCUT2D eigenvalue weighted by atomic mass is 32.1. The zero-order chi connectivity index (χ0) is 9.97. The van der Waals surface area contributed by atoms with Gasteiger partial charge < -0.3 is 5.32 Å². The fourth-order valence-electron chi connectivity index (χ4n) is 1.24. The minimum atomic E-state index is 0.792. The molecule has 4 nitrogen and oxygen atoms in total. The van der Waals surface area contributed by atoms with Crippen molar-refractivity contribution in [1.29, 1.82) is 0 Å². The maximum Gasteiger partial charge on any atom is 0.221 e. The Morgan fingerprint density at radius 3 is 3.00 bits per heavy atom. The lowest BCUT2D eigenvalue weighted by Gasteiger charge is -2.02. The molecule has 0 bridgehead atoms. The largest absolute Gasteiger partial charge is 0.350 e. The molecule has 0 atom stereocenters. The van der Waals surface area contributed by atoms with E-state index in [0.29, 0.717) is 0 Å². The normalized spacial score (nSPS) is 10.4. The zero-order valence-corrected chi connectivity index (χ0v) is 9.01. The number of hydrogen-bond donors (Lipinski definition) is 1. The van der Waals surface area contributed by atoms with Crippen molar-refractivity contribution < 1.29 is 0 Å². The monoisotopic (exact) mass is 208 g/mol. The molecule has 14 heavy (non-hydrogen) atoms. The molecule has 2 heterocycles. The highest BCUT2D eigenvalue weighted by molar-refractivity contribution is 7.07. The summed E-state index contributed by atoms with van der Waals surface area (Å²) < 4.78 is 1.75. The van der Waals surface area contributed by atoms with Crippen LogP contribution in [0, 0.1) is 6.92 Å². The summed E-state index contributed by atoms with van der Waals surface area (Å²) >= 11 is 1.70. The number of rotatable bonds is 3. The van der Waals surface area contributed by atoms with Crippen molar-refractivity contribution in [3.63, 3.8) is 0 Å². The molecular formula is C9H12N4S. The van der Waals surface area contributed by atoms with Gasteiger partial charge in [-0.2, -0.15) is 21.4 Å². The molecule has 0 fully saturated rings. The van der Waals surface area contributed by atoms with Gasteiger partial charge in [0, 0.05) is 13.6 Å². The Morgan fingerprint density at radius 1 is 1.57 bits per heavy atom. The first kappa shape index (κ1) is 9.21. The molecular weight excluding hydrogens is 196 g/mol. The molecule has 1 N–H and O–H groups in total. The minimum absolute atomic E-state index is 0.792. The SMILES string of the molecule is Cc1nc(NCc2ccsc2)n(C)n1. The van der Waals surface area contributed by atoms with Crippen molar-refractivity contribution >= 4 is 17.3 Å². The van der Waals surface area contributed by atoms with E-state index >= 15 is 0 Å². The summed E-state index contributed by atoms with van der Waals surface area (Å²) in [5.41, 5.74) is 1.27. The maximum absolute atomic E-state index is 4.25. The lowest BCUT2D eigenvalue weighted by molar-refractivity contribution is 0.758. The third kappa shape index (κ3) is 1.93. The van der Waals surface area contributed by atoms with E-state index in [1.807, 2.05) is 14.0 Å². The smallest absolute Gasteiger partial charge is 0.221 e. The summed E-state index contributed by atoms with van der Waals surface area (Å²) in [5, 5.41) is 11.6. The average Bonchev–Trinajstić information content (AvgIpc) is 2.72. The first-order chi connectivity index (χ1) is 6.75. The topological polar surface area (TPSA) is 42.7 Å². The van der Waals surface area contributed by atoms with Crippen LogP contribution >= 0.6 is 11.3 Å². The fraction of sp³-hybridized carbons (Fsp3) is 0.333. The van der Waals surface area contributed by atoms with Gasteiger partial charge >= 0.3 is 0 Å². The van der Waals surface area contributed by atoms with Crippen LogP contribution in [0.15, 0.2) is 16.8 Å². The second kappa shape index (κ2) is 3.79. The van der Waals surface area contributed by atoms with Gasteiger partial charge in [0.05, 0.1) is 0 Å². The molecule has 74 valence electrons. The van der Waals surface area contributed by atoms with Gasteiger partial charge in [-0.1, -0.05) is 0 Å². The summed E-state index contributed by atoms with van der Waals surface area (Å²) in [5.74, 6) is 1.61. The molecule has 0 amide bonds. The Balaban J connectivity index is 2.01. The molecule has 0 saturated heterocycles. The van der Waals surface area contributed by atoms with Crippen LogP contribution in [0.4, 0.5) is 5.95 Å². The molecule has 2 aromatic heterocycles. The second-order valence-corrected chi connectivity index (χ2v) is 3.87. The first-order valence-electron chi connectivity index (χ1n) is 4.38. The first-order valence-corrected chi connectivity index (χ1v) is 5.32. The van der Waals surface area contributed by atoms with Crippen molar-refractivity contribution in [1.82, 2.24) is 14.8 Å². The van der Waals surface area contributed by atoms with Crippen LogP contribution < -0.4 is 5.32 Å². The number of aromatic nitrogens is 3. The van der Waals surface area contributed by atoms with Crippen molar-refractivity contribution in [2.24, 2.45) is 7.05 Å². The fourth-order valence-corrected chi connectivity index (χ4v) is 1.91. The Bertz CT molecular complexity index is 404. The van der Waals surface area contributed by atoms with Gasteiger partial charge in [-0.25, -0.2) is 4.68 Å². The van der Waals surface area contributed by atoms with Crippen molar-refractivity contribution in [3.05, 3.63) is 28.2 Å². The molecule has 0 aliphatic carbocycles. The van der Waals surface area contributed by atoms with Crippen LogP contribution in [-0.4, -0.2) is 14.8 Å². The van der Waals surface area contributed by atoms with Crippen molar-refractivity contribution in [2.75, 3.05) is 5.32 Å². The number of nitrogens with one attached hydrogen (secondary N) is 1. The van der Waals surface area contributed by atoms with Crippen LogP contribution in [-0.2, 0) is 13.6 Å². The summed E-state index contributed by atoms with van der Waals surface area (Å²) in [6.45, 7) is 2.69. The predicted molar refractivity (Wildman–Crippen MR) is 57.4 cm³/mol. The van der Waals surface area contributed by atoms with Gasteiger partial charge in [-0.15, -0.1) is 0 Å². The number of aryl methyl sites for hydroxylation is 2. The summed E-state index contributed by atoms with van der Waals surface area (Å²) in [6.07, 6.45) is 0. The lowest BCUT2D eigenvalue weighted by atomic mass is 10.3. The van der Waals surface area contributed by atoms with Crippen LogP contribution in [0.1, 0.15) is 11.4 Å². The van der Waals surface area contributed by atoms with Crippen molar-refractivity contribution in [3.8, 4) is 0 Å². The van der Waals surface area contributed by atoms with Crippen LogP contribution in [0.25, 0.3) is 0 Å². The van der Waals surface area contributed by atoms with E-state index in [0.717, 1.165) is 18.3 Å². The third-order valence-electron chi connectivity index (χ3n) is 1.90. The number of hydrogen-bond acceptors (Lipinski definition) is 4. The molecule has 2 rings (SSSR count). The molecule has 0 aliphatic rings. The van der Waals surface area contributed by atoms with E-state index in [1.165, 1.54) is 5.56 Å². The predicted octanol–water partition coefficient (Wildman–Crippen LogP) is 1.80. The minimum Gasteiger partial charge on any atom is -0.350 e. The number of anilines is 1. The van der Waals surface area contributed by atoms with Crippen molar-refractivity contribution in [2.45, 2.75) is 13.5 Å². The molecule has 0 radical (unpaired) electrons. The standard InChI is InChI=1S/C9H12N4S/c1-7-11-9(13(2)12-7)10-5-8-3-4-14-6-8/h3-4,6H,5H2,1-2H3,(H,10,11,12). The van der Waals surface area contributed by atoms with Crippen LogP contribution in [0.3, 0.4) is 0 Å². The van der Waals surface area contributed by atoms with Crippen LogP contribution in [0.2, 0.25) is 0 Å². The van der Waals surface area contributed by atoms with Gasteiger partial charge in [0.25, 0.3) is 0 Å². The molecule has 2 aromatic rings. The summed E-state index contributed by atoms with van der Waals surface area (Å²) in [7, 11) is 1.88. The molecule has 0 saturated carbocycles. The Kier molecular flexibility index (Phi) is 2.49. The van der Waals surface area contributed by atoms with E-state index in [-0.39, 0.29) is 0 Å². The van der Waals surface area contributed by atoms with Crippen LogP contribution in [0.5, 0.6) is 0 Å². The Morgan fingerprint density at radius 2 is 2.43 bits per heavy atom. The highest BCUT2D eigenvalue weighted by Crippen LogP contribution is 2.09. The van der Waals surface area contributed by atoms with E-state index in [9.17, 15) is 0 Å². The summed E-state index contributed by atoms with van der Waals surface area (Å²) in [4.78, 5) is 4.25. The Hall–Kier alpha value is -1.36. The van der Waals surface area contributed by atoms with Gasteiger partial charge in [0.1, 0.15) is 5.82 Å². The van der Waals surface area contributed by atoms with Gasteiger partial charge in [0.2, 0.25) is 5.95 Å². The molecule has 0 aliphatic heterocycles. The van der Waals surface area contributed by atoms with E-state index in [2.05, 4.69) is 32.2 Å². The second-order valence-electron chi connectivity index (χ2n) is 3.09. The molecule has 0 spiro atoms. The maximum atomic E-state index is 4.25. The molecule has 0 unspecified atom stereocenters. The zero-order valence-electron chi connectivity index (χ0n) is 8.19. The highest BCUT2D eigenvalue weighted by Gasteiger charge is 2.02. The summed E-state index contributed by atoms with van der Waals surface area (Å²) in [6, 6.07) is 2.10. The van der Waals surface area contributed by atoms with Gasteiger partial charge in [0.15, 0.2) is 0 Å². The van der Waals surface area contributed by atoms with Gasteiger partial charge in [-0.3, -0.25) is 0 Å².